The van der Waals surface area contributed by atoms with Crippen molar-refractivity contribution in [3.8, 4) is 0 Å². The molecule has 2 aliphatic rings. The summed E-state index contributed by atoms with van der Waals surface area (Å²) in [7, 11) is 0. The van der Waals surface area contributed by atoms with Crippen molar-refractivity contribution in [2.75, 3.05) is 13.2 Å². The zero-order valence-corrected chi connectivity index (χ0v) is 11.2. The number of halogens is 2. The molecule has 1 amide bonds. The van der Waals surface area contributed by atoms with Crippen molar-refractivity contribution in [2.24, 2.45) is 0 Å². The van der Waals surface area contributed by atoms with E-state index >= 15 is 0 Å². The number of rotatable bonds is 1. The molecule has 1 aromatic carbocycles. The molecular weight excluding hydrogens is 273 g/mol. The van der Waals surface area contributed by atoms with Crippen molar-refractivity contribution < 1.29 is 9.53 Å². The highest BCUT2D eigenvalue weighted by Gasteiger charge is 2.40. The average molecular weight is 286 g/mol. The van der Waals surface area contributed by atoms with Gasteiger partial charge in [-0.1, -0.05) is 23.2 Å². The molecule has 5 heteroatoms. The normalized spacial score (nSPS) is 26.4. The highest BCUT2D eigenvalue weighted by Crippen LogP contribution is 2.32. The molecule has 3 nitrogen and oxygen atoms in total. The molecule has 2 atom stereocenters. The van der Waals surface area contributed by atoms with E-state index in [0.29, 0.717) is 28.8 Å². The summed E-state index contributed by atoms with van der Waals surface area (Å²) in [6.45, 7) is 1.26. The van der Waals surface area contributed by atoms with E-state index in [0.717, 1.165) is 12.8 Å². The number of hydrogen-bond acceptors (Lipinski definition) is 2. The van der Waals surface area contributed by atoms with Gasteiger partial charge < -0.3 is 9.64 Å². The summed E-state index contributed by atoms with van der Waals surface area (Å²) < 4.78 is 5.47. The molecule has 18 heavy (non-hydrogen) atoms. The maximum Gasteiger partial charge on any atom is 0.256 e. The van der Waals surface area contributed by atoms with Gasteiger partial charge in [-0.25, -0.2) is 0 Å². The third-order valence-electron chi connectivity index (χ3n) is 3.64. The Morgan fingerprint density at radius 2 is 1.89 bits per heavy atom. The molecule has 0 N–H and O–H groups in total. The first-order valence-electron chi connectivity index (χ1n) is 6.02. The number of fused-ring (bicyclic) bond motifs is 2. The summed E-state index contributed by atoms with van der Waals surface area (Å²) in [6.07, 6.45) is 2.03. The third-order valence-corrected chi connectivity index (χ3v) is 4.18. The standard InChI is InChI=1S/C13H13Cl2NO2/c14-8-1-4-11(12(15)5-8)13(17)16-9-2-3-10(16)7-18-6-9/h1,4-5,9-10H,2-3,6-7H2/t9-,10-/m0/s1. The molecule has 0 saturated carbocycles. The van der Waals surface area contributed by atoms with Crippen molar-refractivity contribution >= 4 is 29.1 Å². The maximum absolute atomic E-state index is 12.5. The summed E-state index contributed by atoms with van der Waals surface area (Å²) in [6, 6.07) is 5.40. The van der Waals surface area contributed by atoms with Gasteiger partial charge in [0.05, 0.1) is 35.9 Å². The number of carbonyl (C=O) groups excluding carboxylic acids is 1. The van der Waals surface area contributed by atoms with Crippen LogP contribution in [0.3, 0.4) is 0 Å². The highest BCUT2D eigenvalue weighted by atomic mass is 35.5. The topological polar surface area (TPSA) is 29.5 Å². The van der Waals surface area contributed by atoms with Crippen LogP contribution >= 0.6 is 23.2 Å². The lowest BCUT2D eigenvalue weighted by atomic mass is 10.1. The quantitative estimate of drug-likeness (QED) is 0.794. The van der Waals surface area contributed by atoms with Crippen molar-refractivity contribution in [1.29, 1.82) is 0 Å². The lowest BCUT2D eigenvalue weighted by Crippen LogP contribution is -2.49. The Morgan fingerprint density at radius 1 is 1.22 bits per heavy atom. The molecule has 96 valence electrons. The van der Waals surface area contributed by atoms with E-state index in [1.54, 1.807) is 18.2 Å². The summed E-state index contributed by atoms with van der Waals surface area (Å²) >= 11 is 11.9. The zero-order chi connectivity index (χ0) is 12.7. The number of carbonyl (C=O) groups is 1. The molecule has 2 heterocycles. The van der Waals surface area contributed by atoms with Gasteiger partial charge in [0.1, 0.15) is 0 Å². The predicted molar refractivity (Wildman–Crippen MR) is 70.3 cm³/mol. The number of ether oxygens (including phenoxy) is 1. The minimum absolute atomic E-state index is 0.00698. The van der Waals surface area contributed by atoms with E-state index in [4.69, 9.17) is 27.9 Å². The van der Waals surface area contributed by atoms with Crippen molar-refractivity contribution in [2.45, 2.75) is 24.9 Å². The first-order valence-corrected chi connectivity index (χ1v) is 6.78. The summed E-state index contributed by atoms with van der Waals surface area (Å²) in [5, 5.41) is 0.958. The van der Waals surface area contributed by atoms with Gasteiger partial charge in [-0.15, -0.1) is 0 Å². The van der Waals surface area contributed by atoms with Crippen molar-refractivity contribution in [3.05, 3.63) is 33.8 Å². The van der Waals surface area contributed by atoms with Gasteiger partial charge in [-0.3, -0.25) is 4.79 Å². The van der Waals surface area contributed by atoms with Crippen LogP contribution in [0.15, 0.2) is 18.2 Å². The molecule has 0 aliphatic carbocycles. The largest absolute Gasteiger partial charge is 0.377 e. The summed E-state index contributed by atoms with van der Waals surface area (Å²) in [4.78, 5) is 14.5. The Morgan fingerprint density at radius 3 is 2.50 bits per heavy atom. The number of morpholine rings is 1. The van der Waals surface area contributed by atoms with Crippen LogP contribution in [0, 0.1) is 0 Å². The van der Waals surface area contributed by atoms with Gasteiger partial charge in [0.15, 0.2) is 0 Å². The van der Waals surface area contributed by atoms with Gasteiger partial charge in [0.25, 0.3) is 5.91 Å². The molecule has 2 saturated heterocycles. The van der Waals surface area contributed by atoms with Crippen LogP contribution < -0.4 is 0 Å². The first-order chi connectivity index (χ1) is 8.66. The SMILES string of the molecule is O=C(c1ccc(Cl)cc1Cl)N1[C@H]2CC[C@H]1COC2. The second-order valence-electron chi connectivity index (χ2n) is 4.76. The van der Waals surface area contributed by atoms with E-state index in [2.05, 4.69) is 0 Å². The van der Waals surface area contributed by atoms with Crippen LogP contribution in [-0.4, -0.2) is 36.1 Å². The third kappa shape index (κ3) is 2.00. The monoisotopic (exact) mass is 285 g/mol. The minimum Gasteiger partial charge on any atom is -0.377 e. The molecule has 2 aliphatic heterocycles. The van der Waals surface area contributed by atoms with E-state index in [9.17, 15) is 4.79 Å². The molecule has 1 aromatic rings. The summed E-state index contributed by atoms with van der Waals surface area (Å²) in [5.74, 6) is -0.00698. The Kier molecular flexibility index (Phi) is 3.22. The maximum atomic E-state index is 12.5. The predicted octanol–water partition coefficient (Wildman–Crippen LogP) is 3.00. The second-order valence-corrected chi connectivity index (χ2v) is 5.60. The van der Waals surface area contributed by atoms with Crippen LogP contribution in [0.5, 0.6) is 0 Å². The molecule has 0 spiro atoms. The number of amides is 1. The van der Waals surface area contributed by atoms with Crippen LogP contribution in [0.4, 0.5) is 0 Å². The minimum atomic E-state index is -0.00698. The van der Waals surface area contributed by atoms with Crippen LogP contribution in [0.1, 0.15) is 23.2 Å². The van der Waals surface area contributed by atoms with Gasteiger partial charge >= 0.3 is 0 Å². The molecule has 0 radical (unpaired) electrons. The van der Waals surface area contributed by atoms with E-state index < -0.39 is 0 Å². The Labute approximate surface area is 116 Å². The van der Waals surface area contributed by atoms with E-state index in [-0.39, 0.29) is 18.0 Å². The zero-order valence-electron chi connectivity index (χ0n) is 9.73. The number of nitrogens with zero attached hydrogens (tertiary/aromatic N) is 1. The van der Waals surface area contributed by atoms with Crippen LogP contribution in [-0.2, 0) is 4.74 Å². The molecule has 0 unspecified atom stereocenters. The second kappa shape index (κ2) is 4.72. The fraction of sp³-hybridized carbons (Fsp3) is 0.462. The summed E-state index contributed by atoms with van der Waals surface area (Å²) in [5.41, 5.74) is 0.528. The van der Waals surface area contributed by atoms with Gasteiger partial charge in [-0.2, -0.15) is 0 Å². The number of hydrogen-bond donors (Lipinski definition) is 0. The smallest absolute Gasteiger partial charge is 0.256 e. The first kappa shape index (κ1) is 12.3. The van der Waals surface area contributed by atoms with Crippen LogP contribution in [0.2, 0.25) is 10.0 Å². The van der Waals surface area contributed by atoms with Gasteiger partial charge in [0.2, 0.25) is 0 Å². The fourth-order valence-electron chi connectivity index (χ4n) is 2.76. The molecule has 3 rings (SSSR count). The lowest BCUT2D eigenvalue weighted by molar-refractivity contribution is -0.00714. The average Bonchev–Trinajstić information content (AvgIpc) is 2.58. The Balaban J connectivity index is 1.90. The highest BCUT2D eigenvalue weighted by molar-refractivity contribution is 6.36. The molecule has 2 bridgehead atoms. The van der Waals surface area contributed by atoms with E-state index in [1.165, 1.54) is 0 Å². The number of benzene rings is 1. The fourth-order valence-corrected chi connectivity index (χ4v) is 3.25. The molecule has 2 fully saturated rings. The van der Waals surface area contributed by atoms with Crippen LogP contribution in [0.25, 0.3) is 0 Å². The van der Waals surface area contributed by atoms with Crippen molar-refractivity contribution in [1.82, 2.24) is 4.90 Å². The molecular formula is C13H13Cl2NO2. The lowest BCUT2D eigenvalue weighted by Gasteiger charge is -2.34. The van der Waals surface area contributed by atoms with E-state index in [1.807, 2.05) is 4.90 Å². The Hall–Kier alpha value is -0.770. The van der Waals surface area contributed by atoms with Crippen molar-refractivity contribution in [3.63, 3.8) is 0 Å². The van der Waals surface area contributed by atoms with Gasteiger partial charge in [-0.05, 0) is 31.0 Å². The molecule has 0 aromatic heterocycles. The van der Waals surface area contributed by atoms with Gasteiger partial charge in [0, 0.05) is 5.02 Å². The Bertz CT molecular complexity index is 476.